The summed E-state index contributed by atoms with van der Waals surface area (Å²) in [5.74, 6) is 0. The minimum atomic E-state index is -4.49. The van der Waals surface area contributed by atoms with Gasteiger partial charge in [-0.1, -0.05) is 13.0 Å². The summed E-state index contributed by atoms with van der Waals surface area (Å²) >= 11 is 0. The first-order chi connectivity index (χ1) is 8.40. The van der Waals surface area contributed by atoms with Crippen molar-refractivity contribution in [3.63, 3.8) is 0 Å². The van der Waals surface area contributed by atoms with Crippen molar-refractivity contribution in [1.82, 2.24) is 4.98 Å². The van der Waals surface area contributed by atoms with E-state index in [1.54, 1.807) is 6.92 Å². The first-order valence-electron chi connectivity index (χ1n) is 4.95. The Labute approximate surface area is 104 Å². The fraction of sp³-hybridized carbons (Fsp3) is 0.400. The molecule has 98 valence electrons. The number of alkyl halides is 3. The predicted molar refractivity (Wildman–Crippen MR) is 60.3 cm³/mol. The van der Waals surface area contributed by atoms with Gasteiger partial charge in [0, 0.05) is 6.20 Å². The Morgan fingerprint density at radius 3 is 2.61 bits per heavy atom. The number of halogens is 3. The number of aromatic nitrogens is 1. The molecule has 1 heterocycles. The Hall–Kier alpha value is -1.46. The van der Waals surface area contributed by atoms with E-state index < -0.39 is 28.1 Å². The van der Waals surface area contributed by atoms with Crippen molar-refractivity contribution < 1.29 is 17.7 Å². The molecule has 18 heavy (non-hydrogen) atoms. The lowest BCUT2D eigenvalue weighted by Gasteiger charge is -2.14. The molecule has 1 aromatic rings. The second kappa shape index (κ2) is 5.93. The number of nitrogens with zero attached hydrogens (tertiary/aromatic N) is 3. The van der Waals surface area contributed by atoms with Gasteiger partial charge >= 0.3 is 6.18 Å². The highest BCUT2D eigenvalue weighted by molar-refractivity contribution is 7.82. The summed E-state index contributed by atoms with van der Waals surface area (Å²) in [5, 5.41) is 7.83. The summed E-state index contributed by atoms with van der Waals surface area (Å²) < 4.78 is 49.8. The van der Waals surface area contributed by atoms with Crippen molar-refractivity contribution in [3.8, 4) is 6.19 Å². The third kappa shape index (κ3) is 3.51. The van der Waals surface area contributed by atoms with Gasteiger partial charge in [0.15, 0.2) is 0 Å². The summed E-state index contributed by atoms with van der Waals surface area (Å²) in [5.41, 5.74) is -0.563. The Morgan fingerprint density at radius 2 is 2.22 bits per heavy atom. The van der Waals surface area contributed by atoms with Crippen molar-refractivity contribution in [2.45, 2.75) is 24.8 Å². The molecule has 0 amide bonds. The molecule has 1 N–H and O–H groups in total. The number of hydrogen-bond donors (Lipinski definition) is 1. The van der Waals surface area contributed by atoms with E-state index in [4.69, 9.17) is 5.26 Å². The molecule has 0 saturated carbocycles. The van der Waals surface area contributed by atoms with Gasteiger partial charge in [0.2, 0.25) is 6.19 Å². The minimum Gasteiger partial charge on any atom is -0.320 e. The Bertz CT molecular complexity index is 479. The van der Waals surface area contributed by atoms with E-state index in [9.17, 15) is 17.7 Å². The topological polar surface area (TPSA) is 69.3 Å². The summed E-state index contributed by atoms with van der Waals surface area (Å²) in [7, 11) is -1.54. The van der Waals surface area contributed by atoms with Gasteiger partial charge in [-0.25, -0.2) is 0 Å². The zero-order chi connectivity index (χ0) is 13.8. The van der Waals surface area contributed by atoms with Crippen LogP contribution in [0.25, 0.3) is 0 Å². The normalized spacial score (nSPS) is 15.1. The monoisotopic (exact) mass is 277 g/mol. The van der Waals surface area contributed by atoms with Gasteiger partial charge in [0.1, 0.15) is 5.69 Å². The molecule has 0 unspecified atom stereocenters. The molecule has 0 aliphatic carbocycles. The van der Waals surface area contributed by atoms with E-state index in [1.807, 2.05) is 0 Å². The first kappa shape index (κ1) is 14.6. The highest BCUT2D eigenvalue weighted by atomic mass is 32.2. The molecule has 0 radical (unpaired) electrons. The zero-order valence-electron chi connectivity index (χ0n) is 9.35. The highest BCUT2D eigenvalue weighted by Gasteiger charge is 2.32. The lowest BCUT2D eigenvalue weighted by molar-refractivity contribution is -0.141. The van der Waals surface area contributed by atoms with Crippen molar-refractivity contribution >= 4 is 11.0 Å². The van der Waals surface area contributed by atoms with Crippen LogP contribution < -0.4 is 0 Å². The predicted octanol–water partition coefficient (Wildman–Crippen LogP) is 3.31. The van der Waals surface area contributed by atoms with Crippen molar-refractivity contribution in [3.05, 3.63) is 29.6 Å². The maximum absolute atomic E-state index is 12.3. The fourth-order valence-corrected chi connectivity index (χ4v) is 2.27. The lowest BCUT2D eigenvalue weighted by Crippen LogP contribution is -2.10. The van der Waals surface area contributed by atoms with Crippen molar-refractivity contribution in [1.29, 1.82) is 5.26 Å². The molecule has 2 atom stereocenters. The lowest BCUT2D eigenvalue weighted by atomic mass is 10.1. The molecule has 0 spiro atoms. The van der Waals surface area contributed by atoms with Gasteiger partial charge in [0.05, 0.1) is 16.2 Å². The average molecular weight is 277 g/mol. The van der Waals surface area contributed by atoms with Gasteiger partial charge in [0.25, 0.3) is 0 Å². The maximum Gasteiger partial charge on any atom is 0.433 e. The van der Waals surface area contributed by atoms with Crippen LogP contribution in [0.15, 0.2) is 22.7 Å². The summed E-state index contributed by atoms with van der Waals surface area (Å²) in [4.78, 5) is 3.31. The van der Waals surface area contributed by atoms with E-state index in [1.165, 1.54) is 12.3 Å². The third-order valence-electron chi connectivity index (χ3n) is 2.21. The summed E-state index contributed by atoms with van der Waals surface area (Å²) in [6.07, 6.45) is -1.52. The molecule has 1 rings (SSSR count). The Morgan fingerprint density at radius 1 is 1.56 bits per heavy atom. The molecule has 4 nitrogen and oxygen atoms in total. The van der Waals surface area contributed by atoms with Crippen LogP contribution in [0.2, 0.25) is 0 Å². The maximum atomic E-state index is 12.3. The second-order valence-electron chi connectivity index (χ2n) is 3.36. The largest absolute Gasteiger partial charge is 0.433 e. The molecular formula is C10H10F3N3OS. The van der Waals surface area contributed by atoms with Crippen LogP contribution >= 0.6 is 0 Å². The van der Waals surface area contributed by atoms with Gasteiger partial charge < -0.3 is 4.55 Å². The van der Waals surface area contributed by atoms with Crippen LogP contribution in [0.3, 0.4) is 0 Å². The van der Waals surface area contributed by atoms with Crippen LogP contribution in [-0.4, -0.2) is 9.54 Å². The molecule has 0 aliphatic heterocycles. The van der Waals surface area contributed by atoms with Gasteiger partial charge in [-0.15, -0.1) is 4.36 Å². The average Bonchev–Trinajstić information content (AvgIpc) is 2.30. The number of nitriles is 1. The first-order valence-corrected chi connectivity index (χ1v) is 6.15. The Balaban J connectivity index is 3.04. The Kier molecular flexibility index (Phi) is 4.81. The number of rotatable bonds is 3. The summed E-state index contributed by atoms with van der Waals surface area (Å²) in [6.45, 7) is 1.74. The van der Waals surface area contributed by atoms with Crippen LogP contribution in [0.5, 0.6) is 0 Å². The van der Waals surface area contributed by atoms with E-state index >= 15 is 0 Å². The molecule has 8 heteroatoms. The third-order valence-corrected chi connectivity index (χ3v) is 3.59. The quantitative estimate of drug-likeness (QED) is 0.862. The van der Waals surface area contributed by atoms with E-state index in [-0.39, 0.29) is 0 Å². The van der Waals surface area contributed by atoms with E-state index in [2.05, 4.69) is 9.35 Å². The molecule has 0 aromatic carbocycles. The van der Waals surface area contributed by atoms with E-state index in [0.717, 1.165) is 12.3 Å². The van der Waals surface area contributed by atoms with Gasteiger partial charge in [-0.3, -0.25) is 4.98 Å². The van der Waals surface area contributed by atoms with Crippen molar-refractivity contribution in [2.24, 2.45) is 4.36 Å². The van der Waals surface area contributed by atoms with Crippen LogP contribution in [0, 0.1) is 11.5 Å². The smallest absolute Gasteiger partial charge is 0.320 e. The number of pyridine rings is 1. The van der Waals surface area contributed by atoms with E-state index in [0.29, 0.717) is 12.0 Å². The summed E-state index contributed by atoms with van der Waals surface area (Å²) in [6, 6.07) is 2.09. The van der Waals surface area contributed by atoms with Crippen LogP contribution in [-0.2, 0) is 17.1 Å². The molecular weight excluding hydrogens is 267 g/mol. The standard InChI is InChI=1S/C10H10F3N3OS/c1-2-8(18(17)16-6-14)7-3-4-9(15-5-7)10(11,12)13/h3-5,8H,2H2,1H3,(H,16,17)/t8-,18-/m0/s1. The van der Waals surface area contributed by atoms with Gasteiger partial charge in [-0.05, 0) is 18.1 Å². The zero-order valence-corrected chi connectivity index (χ0v) is 10.2. The van der Waals surface area contributed by atoms with Crippen LogP contribution in [0.4, 0.5) is 13.2 Å². The highest BCUT2D eigenvalue weighted by Crippen LogP contribution is 2.29. The van der Waals surface area contributed by atoms with Crippen molar-refractivity contribution in [2.75, 3.05) is 0 Å². The minimum absolute atomic E-state index is 0.426. The molecule has 1 aromatic heterocycles. The molecule has 0 aliphatic rings. The van der Waals surface area contributed by atoms with Gasteiger partial charge in [-0.2, -0.15) is 18.4 Å². The molecule has 0 saturated heterocycles. The fourth-order valence-electron chi connectivity index (χ4n) is 1.38. The molecule has 0 fully saturated rings. The van der Waals surface area contributed by atoms with Crippen LogP contribution in [0.1, 0.15) is 29.9 Å². The number of hydrogen-bond acceptors (Lipinski definition) is 3. The second-order valence-corrected chi connectivity index (χ2v) is 4.69. The SMILES string of the molecule is CC[C@@H](c1ccc(C(F)(F)F)nc1)[S@](O)=NC#N. The molecule has 0 bridgehead atoms.